The molecule has 0 radical (unpaired) electrons. The number of anilines is 1. The molecule has 0 aliphatic heterocycles. The molecule has 1 aromatic rings. The Morgan fingerprint density at radius 3 is 2.18 bits per heavy atom. The van der Waals surface area contributed by atoms with Crippen molar-refractivity contribution in [3.63, 3.8) is 0 Å². The number of rotatable bonds is 9. The first-order valence-electron chi connectivity index (χ1n) is 9.29. The summed E-state index contributed by atoms with van der Waals surface area (Å²) in [5.74, 6) is -2.51. The van der Waals surface area contributed by atoms with E-state index in [0.29, 0.717) is 12.1 Å². The van der Waals surface area contributed by atoms with E-state index in [1.54, 1.807) is 39.8 Å². The van der Waals surface area contributed by atoms with Gasteiger partial charge in [0.25, 0.3) is 5.91 Å². The molecular formula is C20H29FN2O5. The number of hydrogen-bond acceptors (Lipinski definition) is 6. The molecule has 0 fully saturated rings. The number of ether oxygens (including phenoxy) is 2. The summed E-state index contributed by atoms with van der Waals surface area (Å²) < 4.78 is 24.2. The fourth-order valence-corrected chi connectivity index (χ4v) is 2.43. The maximum Gasteiger partial charge on any atom is 0.341 e. The number of nitrogen functional groups attached to an aromatic ring is 1. The predicted molar refractivity (Wildman–Crippen MR) is 103 cm³/mol. The van der Waals surface area contributed by atoms with Crippen molar-refractivity contribution < 1.29 is 28.2 Å². The average molecular weight is 396 g/mol. The molecule has 1 amide bonds. The van der Waals surface area contributed by atoms with Gasteiger partial charge in [0, 0.05) is 17.7 Å². The lowest BCUT2D eigenvalue weighted by Gasteiger charge is -2.21. The lowest BCUT2D eigenvalue weighted by atomic mass is 10.0. The van der Waals surface area contributed by atoms with Crippen LogP contribution in [0.1, 0.15) is 57.0 Å². The van der Waals surface area contributed by atoms with E-state index in [1.165, 1.54) is 6.07 Å². The summed E-state index contributed by atoms with van der Waals surface area (Å²) in [6.45, 7) is 8.32. The molecule has 7 nitrogen and oxygen atoms in total. The molecule has 156 valence electrons. The molecule has 0 aliphatic rings. The molecule has 2 atom stereocenters. The molecule has 1 rings (SSSR count). The van der Waals surface area contributed by atoms with Gasteiger partial charge in [0.2, 0.25) is 0 Å². The van der Waals surface area contributed by atoms with Crippen molar-refractivity contribution in [2.24, 2.45) is 0 Å². The van der Waals surface area contributed by atoms with E-state index in [2.05, 4.69) is 5.32 Å². The van der Waals surface area contributed by atoms with Crippen LogP contribution in [0.3, 0.4) is 0 Å². The van der Waals surface area contributed by atoms with Crippen LogP contribution in [0.25, 0.3) is 0 Å². The smallest absolute Gasteiger partial charge is 0.341 e. The number of halogens is 1. The number of alkyl halides is 1. The van der Waals surface area contributed by atoms with Gasteiger partial charge in [-0.25, -0.2) is 14.0 Å². The molecule has 0 aliphatic carbocycles. The van der Waals surface area contributed by atoms with E-state index in [9.17, 15) is 18.8 Å². The van der Waals surface area contributed by atoms with Crippen molar-refractivity contribution in [3.8, 4) is 0 Å². The van der Waals surface area contributed by atoms with Crippen LogP contribution >= 0.6 is 0 Å². The van der Waals surface area contributed by atoms with Gasteiger partial charge in [-0.3, -0.25) is 4.79 Å². The first kappa shape index (κ1) is 23.4. The lowest BCUT2D eigenvalue weighted by molar-refractivity contribution is -0.155. The lowest BCUT2D eigenvalue weighted by Crippen LogP contribution is -2.45. The Hall–Kier alpha value is -2.64. The summed E-state index contributed by atoms with van der Waals surface area (Å²) in [4.78, 5) is 36.6. The number of esters is 2. The molecule has 0 spiro atoms. The van der Waals surface area contributed by atoms with Crippen LogP contribution in [0.5, 0.6) is 0 Å². The topological polar surface area (TPSA) is 108 Å². The fraction of sp³-hybridized carbons (Fsp3) is 0.550. The summed E-state index contributed by atoms with van der Waals surface area (Å²) in [5, 5.41) is 2.45. The third-order valence-corrected chi connectivity index (χ3v) is 3.78. The number of nitrogens with two attached hydrogens (primary N) is 1. The summed E-state index contributed by atoms with van der Waals surface area (Å²) >= 11 is 0. The molecule has 0 saturated carbocycles. The third kappa shape index (κ3) is 7.17. The van der Waals surface area contributed by atoms with Gasteiger partial charge in [-0.15, -0.1) is 0 Å². The highest BCUT2D eigenvalue weighted by molar-refractivity contribution is 5.97. The van der Waals surface area contributed by atoms with Crippen LogP contribution in [0.15, 0.2) is 18.2 Å². The number of nitrogens with one attached hydrogen (secondary N) is 1. The van der Waals surface area contributed by atoms with E-state index in [4.69, 9.17) is 15.2 Å². The Balaban J connectivity index is 2.97. The van der Waals surface area contributed by atoms with E-state index < -0.39 is 48.7 Å². The van der Waals surface area contributed by atoms with Gasteiger partial charge in [0.1, 0.15) is 6.04 Å². The van der Waals surface area contributed by atoms with Crippen LogP contribution in [-0.4, -0.2) is 42.3 Å². The minimum absolute atomic E-state index is 0.272. The highest BCUT2D eigenvalue weighted by Gasteiger charge is 2.31. The second-order valence-electron chi connectivity index (χ2n) is 6.97. The zero-order valence-electron chi connectivity index (χ0n) is 17.0. The van der Waals surface area contributed by atoms with Gasteiger partial charge < -0.3 is 20.5 Å². The van der Waals surface area contributed by atoms with Crippen LogP contribution in [0, 0.1) is 0 Å². The molecular weight excluding hydrogens is 367 g/mol. The Morgan fingerprint density at radius 1 is 1.07 bits per heavy atom. The van der Waals surface area contributed by atoms with E-state index >= 15 is 0 Å². The molecule has 3 N–H and O–H groups in total. The summed E-state index contributed by atoms with van der Waals surface area (Å²) in [6, 6.07) is 3.37. The van der Waals surface area contributed by atoms with Gasteiger partial charge in [-0.05, 0) is 57.9 Å². The van der Waals surface area contributed by atoms with Crippen molar-refractivity contribution >= 4 is 23.5 Å². The van der Waals surface area contributed by atoms with Gasteiger partial charge in [0.15, 0.2) is 6.17 Å². The highest BCUT2D eigenvalue weighted by Crippen LogP contribution is 2.16. The number of carbonyl (C=O) groups excluding carboxylic acids is 3. The quantitative estimate of drug-likeness (QED) is 0.491. The monoisotopic (exact) mass is 396 g/mol. The molecule has 0 saturated heterocycles. The van der Waals surface area contributed by atoms with Gasteiger partial charge in [-0.2, -0.15) is 0 Å². The minimum atomic E-state index is -2.08. The van der Waals surface area contributed by atoms with E-state index in [1.807, 2.05) is 6.92 Å². The Labute approximate surface area is 164 Å². The zero-order chi connectivity index (χ0) is 21.4. The summed E-state index contributed by atoms with van der Waals surface area (Å²) in [6.07, 6.45) is -3.00. The van der Waals surface area contributed by atoms with Crippen molar-refractivity contribution in [1.29, 1.82) is 0 Å². The first-order chi connectivity index (χ1) is 13.0. The van der Waals surface area contributed by atoms with Crippen molar-refractivity contribution in [1.82, 2.24) is 5.32 Å². The first-order valence-corrected chi connectivity index (χ1v) is 9.29. The Bertz CT molecular complexity index is 706. The largest absolute Gasteiger partial charge is 0.461 e. The number of carbonyl (C=O) groups is 3. The Morgan fingerprint density at radius 2 is 1.64 bits per heavy atom. The zero-order valence-corrected chi connectivity index (χ0v) is 17.0. The standard InChI is InChI=1S/C20H29FN2O5/c1-6-13-9-14(7-8-16(13)22)18(24)23-17(20(26)28-12(4)5)10-15(21)19(25)27-11(2)3/h7-9,11-12,15,17H,6,10,22H2,1-5H3,(H,23,24)/t15-,17-/m0/s1. The maximum atomic E-state index is 14.3. The molecule has 0 heterocycles. The molecule has 8 heteroatoms. The second kappa shape index (κ2) is 10.6. The van der Waals surface area contributed by atoms with Crippen LogP contribution in [0.4, 0.5) is 10.1 Å². The number of aryl methyl sites for hydroxylation is 1. The van der Waals surface area contributed by atoms with Crippen molar-refractivity contribution in [3.05, 3.63) is 29.3 Å². The van der Waals surface area contributed by atoms with Gasteiger partial charge in [-0.1, -0.05) is 6.92 Å². The van der Waals surface area contributed by atoms with Gasteiger partial charge in [0.05, 0.1) is 12.2 Å². The Kier molecular flexibility index (Phi) is 8.88. The van der Waals surface area contributed by atoms with Crippen molar-refractivity contribution in [2.45, 2.75) is 71.9 Å². The van der Waals surface area contributed by atoms with E-state index in [-0.39, 0.29) is 5.56 Å². The van der Waals surface area contributed by atoms with Crippen LogP contribution in [0.2, 0.25) is 0 Å². The third-order valence-electron chi connectivity index (χ3n) is 3.78. The number of benzene rings is 1. The number of hydrogen-bond donors (Lipinski definition) is 2. The van der Waals surface area contributed by atoms with Crippen LogP contribution < -0.4 is 11.1 Å². The molecule has 0 aromatic heterocycles. The predicted octanol–water partition coefficient (Wildman–Crippen LogP) is 2.56. The normalized spacial score (nSPS) is 13.1. The molecule has 0 unspecified atom stereocenters. The SMILES string of the molecule is CCc1cc(C(=O)N[C@@H](C[C@H](F)C(=O)OC(C)C)C(=O)OC(C)C)ccc1N. The molecule has 0 bridgehead atoms. The summed E-state index contributed by atoms with van der Waals surface area (Å²) in [7, 11) is 0. The molecule has 1 aromatic carbocycles. The van der Waals surface area contributed by atoms with Gasteiger partial charge >= 0.3 is 11.9 Å². The maximum absolute atomic E-state index is 14.3. The molecule has 28 heavy (non-hydrogen) atoms. The van der Waals surface area contributed by atoms with E-state index in [0.717, 1.165) is 5.56 Å². The van der Waals surface area contributed by atoms with Crippen LogP contribution in [-0.2, 0) is 25.5 Å². The van der Waals surface area contributed by atoms with Crippen molar-refractivity contribution in [2.75, 3.05) is 5.73 Å². The average Bonchev–Trinajstić information content (AvgIpc) is 2.60. The second-order valence-corrected chi connectivity index (χ2v) is 6.97. The fourth-order valence-electron chi connectivity index (χ4n) is 2.43. The highest BCUT2D eigenvalue weighted by atomic mass is 19.1. The number of amides is 1. The minimum Gasteiger partial charge on any atom is -0.461 e. The summed E-state index contributed by atoms with van der Waals surface area (Å²) in [5.41, 5.74) is 7.44.